The molecule has 1 heterocycles. The Morgan fingerprint density at radius 2 is 1.72 bits per heavy atom. The van der Waals surface area contributed by atoms with E-state index in [1.54, 1.807) is 18.2 Å². The predicted octanol–water partition coefficient (Wildman–Crippen LogP) is 2.24. The van der Waals surface area contributed by atoms with Gasteiger partial charge in [0, 0.05) is 38.3 Å². The van der Waals surface area contributed by atoms with E-state index in [0.717, 1.165) is 6.07 Å². The molecule has 1 aliphatic rings. The molecule has 3 rings (SSSR count). The third-order valence-corrected chi connectivity index (χ3v) is 6.73. The number of nitrogens with one attached hydrogen (secondary N) is 1. The largest absolute Gasteiger partial charge is 0.367 e. The van der Waals surface area contributed by atoms with Crippen LogP contribution in [0.3, 0.4) is 0 Å². The van der Waals surface area contributed by atoms with Crippen LogP contribution < -0.4 is 10.2 Å². The van der Waals surface area contributed by atoms with Crippen molar-refractivity contribution in [3.63, 3.8) is 0 Å². The van der Waals surface area contributed by atoms with Crippen LogP contribution in [-0.2, 0) is 10.0 Å². The molecule has 9 heteroatoms. The van der Waals surface area contributed by atoms with E-state index >= 15 is 0 Å². The van der Waals surface area contributed by atoms with Gasteiger partial charge in [-0.2, -0.15) is 4.31 Å². The maximum absolute atomic E-state index is 13.9. The van der Waals surface area contributed by atoms with E-state index in [1.807, 2.05) is 4.90 Å². The quantitative estimate of drug-likeness (QED) is 0.694. The highest BCUT2D eigenvalue weighted by Crippen LogP contribution is 2.21. The summed E-state index contributed by atoms with van der Waals surface area (Å²) in [4.78, 5) is 13.8. The first kappa shape index (κ1) is 21.2. The molecule has 156 valence electrons. The minimum atomic E-state index is -3.47. The first-order valence-corrected chi connectivity index (χ1v) is 11.0. The zero-order valence-corrected chi connectivity index (χ0v) is 16.7. The number of sulfonamides is 1. The van der Waals surface area contributed by atoms with Gasteiger partial charge in [0.2, 0.25) is 10.0 Å². The number of anilines is 1. The molecule has 1 saturated heterocycles. The minimum Gasteiger partial charge on any atom is -0.367 e. The fourth-order valence-electron chi connectivity index (χ4n) is 3.23. The molecule has 1 aliphatic heterocycles. The molecule has 2 aromatic rings. The standard InChI is InChI=1S/C20H23F2N3O3S/c21-17-6-3-5-16(15-17)20(26)23-9-4-14-29(27,28)25-12-10-24(11-13-25)19-8-2-1-7-18(19)22/h1-3,5-8,15H,4,9-14H2,(H,23,26). The lowest BCUT2D eigenvalue weighted by molar-refractivity contribution is 0.0953. The van der Waals surface area contributed by atoms with E-state index in [1.165, 1.54) is 28.6 Å². The number of piperazine rings is 1. The molecule has 0 aromatic heterocycles. The van der Waals surface area contributed by atoms with Crippen molar-refractivity contribution >= 4 is 21.6 Å². The Morgan fingerprint density at radius 3 is 2.41 bits per heavy atom. The van der Waals surface area contributed by atoms with Crippen molar-refractivity contribution in [2.75, 3.05) is 43.4 Å². The molecule has 1 N–H and O–H groups in total. The first-order chi connectivity index (χ1) is 13.9. The average molecular weight is 423 g/mol. The van der Waals surface area contributed by atoms with Gasteiger partial charge in [0.05, 0.1) is 11.4 Å². The fourth-order valence-corrected chi connectivity index (χ4v) is 4.72. The molecule has 0 bridgehead atoms. The maximum atomic E-state index is 13.9. The lowest BCUT2D eigenvalue weighted by Gasteiger charge is -2.35. The van der Waals surface area contributed by atoms with E-state index in [0.29, 0.717) is 18.8 Å². The Hall–Kier alpha value is -2.52. The van der Waals surface area contributed by atoms with Gasteiger partial charge in [-0.3, -0.25) is 4.79 Å². The zero-order valence-electron chi connectivity index (χ0n) is 15.9. The summed E-state index contributed by atoms with van der Waals surface area (Å²) in [7, 11) is -3.47. The third kappa shape index (κ3) is 5.51. The predicted molar refractivity (Wildman–Crippen MR) is 107 cm³/mol. The lowest BCUT2D eigenvalue weighted by Crippen LogP contribution is -2.49. The van der Waals surface area contributed by atoms with Gasteiger partial charge < -0.3 is 10.2 Å². The molecule has 0 spiro atoms. The third-order valence-electron chi connectivity index (χ3n) is 4.78. The van der Waals surface area contributed by atoms with Crippen LogP contribution in [0.25, 0.3) is 0 Å². The summed E-state index contributed by atoms with van der Waals surface area (Å²) in [6.45, 7) is 1.56. The molecule has 0 unspecified atom stereocenters. The van der Waals surface area contributed by atoms with Crippen molar-refractivity contribution in [3.05, 3.63) is 65.7 Å². The van der Waals surface area contributed by atoms with Gasteiger partial charge >= 0.3 is 0 Å². The molecular weight excluding hydrogens is 400 g/mol. The second-order valence-corrected chi connectivity index (χ2v) is 8.86. The second kappa shape index (κ2) is 9.32. The highest BCUT2D eigenvalue weighted by atomic mass is 32.2. The number of halogens is 2. The van der Waals surface area contributed by atoms with E-state index in [-0.39, 0.29) is 43.2 Å². The summed E-state index contributed by atoms with van der Waals surface area (Å²) in [5, 5.41) is 2.60. The Bertz CT molecular complexity index is 961. The SMILES string of the molecule is O=C(NCCCS(=O)(=O)N1CCN(c2ccccc2F)CC1)c1cccc(F)c1. The van der Waals surface area contributed by atoms with Crippen LogP contribution in [0, 0.1) is 11.6 Å². The smallest absolute Gasteiger partial charge is 0.251 e. The van der Waals surface area contributed by atoms with Crippen LogP contribution >= 0.6 is 0 Å². The van der Waals surface area contributed by atoms with Crippen molar-refractivity contribution in [2.45, 2.75) is 6.42 Å². The van der Waals surface area contributed by atoms with Crippen LogP contribution in [0.15, 0.2) is 48.5 Å². The molecular formula is C20H23F2N3O3S. The normalized spacial score (nSPS) is 15.3. The van der Waals surface area contributed by atoms with Crippen molar-refractivity contribution in [1.82, 2.24) is 9.62 Å². The highest BCUT2D eigenvalue weighted by Gasteiger charge is 2.27. The number of hydrogen-bond acceptors (Lipinski definition) is 4. The molecule has 0 aliphatic carbocycles. The Morgan fingerprint density at radius 1 is 1.00 bits per heavy atom. The van der Waals surface area contributed by atoms with Crippen molar-refractivity contribution in [2.24, 2.45) is 0 Å². The van der Waals surface area contributed by atoms with E-state index in [9.17, 15) is 22.0 Å². The van der Waals surface area contributed by atoms with Crippen LogP contribution in [0.4, 0.5) is 14.5 Å². The molecule has 0 saturated carbocycles. The Kier molecular flexibility index (Phi) is 6.81. The van der Waals surface area contributed by atoms with Crippen LogP contribution in [-0.4, -0.2) is 57.1 Å². The molecule has 0 atom stereocenters. The monoisotopic (exact) mass is 423 g/mol. The van der Waals surface area contributed by atoms with Gasteiger partial charge in [-0.15, -0.1) is 0 Å². The Labute approximate surface area is 169 Å². The van der Waals surface area contributed by atoms with E-state index in [2.05, 4.69) is 5.32 Å². The molecule has 1 amide bonds. The van der Waals surface area contributed by atoms with Crippen molar-refractivity contribution in [3.8, 4) is 0 Å². The summed E-state index contributed by atoms with van der Waals surface area (Å²) in [6, 6.07) is 11.7. The molecule has 0 radical (unpaired) electrons. The van der Waals surface area contributed by atoms with Crippen LogP contribution in [0.5, 0.6) is 0 Å². The van der Waals surface area contributed by atoms with Gasteiger partial charge in [-0.1, -0.05) is 18.2 Å². The summed E-state index contributed by atoms with van der Waals surface area (Å²) in [5.74, 6) is -1.37. The summed E-state index contributed by atoms with van der Waals surface area (Å²) in [5.41, 5.74) is 0.668. The number of para-hydroxylation sites is 1. The van der Waals surface area contributed by atoms with Gasteiger partial charge in [0.15, 0.2) is 0 Å². The number of hydrogen-bond donors (Lipinski definition) is 1. The van der Waals surface area contributed by atoms with Crippen LogP contribution in [0.2, 0.25) is 0 Å². The number of nitrogens with zero attached hydrogens (tertiary/aromatic N) is 2. The van der Waals surface area contributed by atoms with Crippen molar-refractivity contribution < 1.29 is 22.0 Å². The zero-order chi connectivity index (χ0) is 20.9. The maximum Gasteiger partial charge on any atom is 0.251 e. The lowest BCUT2D eigenvalue weighted by atomic mass is 10.2. The number of benzene rings is 2. The summed E-state index contributed by atoms with van der Waals surface area (Å²) >= 11 is 0. The molecule has 2 aromatic carbocycles. The van der Waals surface area contributed by atoms with Gasteiger partial charge in [0.25, 0.3) is 5.91 Å². The van der Waals surface area contributed by atoms with Gasteiger partial charge in [-0.25, -0.2) is 17.2 Å². The second-order valence-electron chi connectivity index (χ2n) is 6.77. The summed E-state index contributed by atoms with van der Waals surface area (Å²) in [6.07, 6.45) is 0.247. The molecule has 29 heavy (non-hydrogen) atoms. The van der Waals surface area contributed by atoms with E-state index in [4.69, 9.17) is 0 Å². The highest BCUT2D eigenvalue weighted by molar-refractivity contribution is 7.89. The van der Waals surface area contributed by atoms with Crippen LogP contribution in [0.1, 0.15) is 16.8 Å². The minimum absolute atomic E-state index is 0.101. The number of carbonyl (C=O) groups excluding carboxylic acids is 1. The average Bonchev–Trinajstić information content (AvgIpc) is 2.71. The number of amides is 1. The topological polar surface area (TPSA) is 69.7 Å². The number of rotatable bonds is 7. The molecule has 6 nitrogen and oxygen atoms in total. The van der Waals surface area contributed by atoms with E-state index < -0.39 is 21.7 Å². The molecule has 1 fully saturated rings. The summed E-state index contributed by atoms with van der Waals surface area (Å²) < 4.78 is 53.5. The Balaban J connectivity index is 1.44. The van der Waals surface area contributed by atoms with Crippen molar-refractivity contribution in [1.29, 1.82) is 0 Å². The fraction of sp³-hybridized carbons (Fsp3) is 0.350. The van der Waals surface area contributed by atoms with Gasteiger partial charge in [-0.05, 0) is 36.8 Å². The number of carbonyl (C=O) groups is 1. The van der Waals surface area contributed by atoms with Gasteiger partial charge in [0.1, 0.15) is 11.6 Å². The first-order valence-electron chi connectivity index (χ1n) is 9.38.